The lowest BCUT2D eigenvalue weighted by atomic mass is 10.0. The number of amides is 5. The van der Waals surface area contributed by atoms with Crippen LogP contribution in [0.5, 0.6) is 5.75 Å². The Balaban J connectivity index is 0.945. The van der Waals surface area contributed by atoms with Gasteiger partial charge in [-0.3, -0.25) is 34.2 Å². The molecule has 2 aromatic carbocycles. The second kappa shape index (κ2) is 19.4. The molecule has 15 nitrogen and oxygen atoms in total. The number of hydrogen-bond donors (Lipinski definition) is 3. The summed E-state index contributed by atoms with van der Waals surface area (Å²) in [5.74, 6) is -1.60. The molecule has 2 aromatic rings. The molecule has 1 unspecified atom stereocenters. The van der Waals surface area contributed by atoms with Gasteiger partial charge in [0.2, 0.25) is 17.7 Å². The number of fused-ring (bicyclic) bond motifs is 1. The van der Waals surface area contributed by atoms with Gasteiger partial charge >= 0.3 is 0 Å². The number of nitrogens with one attached hydrogen (secondary N) is 3. The van der Waals surface area contributed by atoms with E-state index in [0.29, 0.717) is 96.3 Å². The molecule has 260 valence electrons. The molecule has 15 heteroatoms. The molecular formula is C33H42N4O11. The second-order valence-electron chi connectivity index (χ2n) is 10.7. The molecule has 1 fully saturated rings. The summed E-state index contributed by atoms with van der Waals surface area (Å²) >= 11 is 0. The first-order valence-electron chi connectivity index (χ1n) is 15.8. The van der Waals surface area contributed by atoms with E-state index in [-0.39, 0.29) is 29.9 Å². The SMILES string of the molecule is CC(=O)Nc1ccc(OCCOCCOCCOCCOCCOCCNc2cccc3c2C(=O)N(C2CCC(=O)NC2=O)C3=O)cc1. The van der Waals surface area contributed by atoms with Crippen LogP contribution in [-0.4, -0.2) is 120 Å². The van der Waals surface area contributed by atoms with Gasteiger partial charge in [-0.2, -0.15) is 0 Å². The maximum Gasteiger partial charge on any atom is 0.264 e. The van der Waals surface area contributed by atoms with Gasteiger partial charge in [0.25, 0.3) is 11.8 Å². The predicted molar refractivity (Wildman–Crippen MR) is 172 cm³/mol. The fourth-order valence-electron chi connectivity index (χ4n) is 4.96. The number of rotatable bonds is 22. The smallest absolute Gasteiger partial charge is 0.264 e. The predicted octanol–water partition coefficient (Wildman–Crippen LogP) is 1.62. The lowest BCUT2D eigenvalue weighted by Crippen LogP contribution is -2.54. The van der Waals surface area contributed by atoms with Crippen molar-refractivity contribution >= 4 is 40.9 Å². The zero-order valence-corrected chi connectivity index (χ0v) is 27.0. The Morgan fingerprint density at radius 1 is 0.771 bits per heavy atom. The third-order valence-corrected chi connectivity index (χ3v) is 7.19. The molecule has 4 rings (SSSR count). The normalized spacial score (nSPS) is 15.8. The van der Waals surface area contributed by atoms with Crippen LogP contribution in [0, 0.1) is 0 Å². The van der Waals surface area contributed by atoms with Crippen LogP contribution in [0.1, 0.15) is 40.5 Å². The number of carbonyl (C=O) groups excluding carboxylic acids is 5. The average Bonchev–Trinajstić information content (AvgIpc) is 3.32. The summed E-state index contributed by atoms with van der Waals surface area (Å²) in [6.07, 6.45) is 0.168. The van der Waals surface area contributed by atoms with Crippen molar-refractivity contribution in [3.05, 3.63) is 53.6 Å². The molecule has 1 saturated heterocycles. The summed E-state index contributed by atoms with van der Waals surface area (Å²) in [7, 11) is 0. The van der Waals surface area contributed by atoms with Gasteiger partial charge in [0.1, 0.15) is 18.4 Å². The largest absolute Gasteiger partial charge is 0.491 e. The molecule has 3 N–H and O–H groups in total. The molecule has 2 heterocycles. The molecule has 0 spiro atoms. The van der Waals surface area contributed by atoms with Crippen LogP contribution in [0.4, 0.5) is 11.4 Å². The highest BCUT2D eigenvalue weighted by Gasteiger charge is 2.45. The average molecular weight is 671 g/mol. The first-order valence-corrected chi connectivity index (χ1v) is 15.8. The molecule has 0 aliphatic carbocycles. The van der Waals surface area contributed by atoms with Crippen LogP contribution >= 0.6 is 0 Å². The van der Waals surface area contributed by atoms with Gasteiger partial charge in [0.15, 0.2) is 0 Å². The quantitative estimate of drug-likeness (QED) is 0.122. The minimum absolute atomic E-state index is 0.0650. The zero-order chi connectivity index (χ0) is 34.1. The van der Waals surface area contributed by atoms with E-state index < -0.39 is 29.7 Å². The van der Waals surface area contributed by atoms with Crippen LogP contribution in [0.15, 0.2) is 42.5 Å². The minimum atomic E-state index is -1.01. The van der Waals surface area contributed by atoms with Gasteiger partial charge < -0.3 is 39.1 Å². The summed E-state index contributed by atoms with van der Waals surface area (Å²) < 4.78 is 33.1. The van der Waals surface area contributed by atoms with Gasteiger partial charge in [-0.05, 0) is 42.8 Å². The van der Waals surface area contributed by atoms with Crippen molar-refractivity contribution in [2.24, 2.45) is 0 Å². The Hall–Kier alpha value is -4.41. The van der Waals surface area contributed by atoms with Crippen LogP contribution in [-0.2, 0) is 38.1 Å². The molecule has 0 aromatic heterocycles. The van der Waals surface area contributed by atoms with Gasteiger partial charge in [-0.1, -0.05) is 6.07 Å². The van der Waals surface area contributed by atoms with Crippen LogP contribution in [0.25, 0.3) is 0 Å². The Morgan fingerprint density at radius 2 is 1.35 bits per heavy atom. The second-order valence-corrected chi connectivity index (χ2v) is 10.7. The molecule has 2 aliphatic rings. The van der Waals surface area contributed by atoms with Crippen molar-refractivity contribution in [1.82, 2.24) is 10.2 Å². The fourth-order valence-corrected chi connectivity index (χ4v) is 4.96. The summed E-state index contributed by atoms with van der Waals surface area (Å²) in [5, 5.41) is 8.02. The number of piperidine rings is 1. The number of ether oxygens (including phenoxy) is 6. The third kappa shape index (κ3) is 11.1. The van der Waals surface area contributed by atoms with E-state index >= 15 is 0 Å². The zero-order valence-electron chi connectivity index (χ0n) is 27.0. The van der Waals surface area contributed by atoms with Crippen molar-refractivity contribution in [1.29, 1.82) is 0 Å². The summed E-state index contributed by atoms with van der Waals surface area (Å²) in [6.45, 7) is 6.36. The van der Waals surface area contributed by atoms with Gasteiger partial charge in [0.05, 0.1) is 77.2 Å². The highest BCUT2D eigenvalue weighted by molar-refractivity contribution is 6.25. The van der Waals surface area contributed by atoms with Crippen molar-refractivity contribution in [3.63, 3.8) is 0 Å². The Labute approximate surface area is 278 Å². The molecule has 0 saturated carbocycles. The van der Waals surface area contributed by atoms with E-state index in [0.717, 1.165) is 4.90 Å². The lowest BCUT2D eigenvalue weighted by molar-refractivity contribution is -0.136. The van der Waals surface area contributed by atoms with E-state index in [2.05, 4.69) is 16.0 Å². The molecule has 0 bridgehead atoms. The number of anilines is 2. The summed E-state index contributed by atoms with van der Waals surface area (Å²) in [4.78, 5) is 61.8. The molecule has 48 heavy (non-hydrogen) atoms. The molecule has 5 amide bonds. The van der Waals surface area contributed by atoms with Crippen LogP contribution < -0.4 is 20.7 Å². The minimum Gasteiger partial charge on any atom is -0.491 e. The standard InChI is InChI=1S/C33H42N4O11/c1-23(38)35-24-5-7-25(8-6-24)48-22-21-47-20-19-46-18-17-45-16-15-44-14-13-43-12-11-34-27-4-2-3-26-30(27)33(42)37(32(26)41)28-9-10-29(39)36-31(28)40/h2-8,28,34H,9-22H2,1H3,(H,35,38)(H,36,39,40). The van der Waals surface area contributed by atoms with E-state index in [1.807, 2.05) is 0 Å². The van der Waals surface area contributed by atoms with Crippen molar-refractivity contribution in [2.75, 3.05) is 89.9 Å². The van der Waals surface area contributed by atoms with Crippen molar-refractivity contribution in [2.45, 2.75) is 25.8 Å². The number of hydrogen-bond acceptors (Lipinski definition) is 12. The molecule has 2 aliphatic heterocycles. The van der Waals surface area contributed by atoms with Crippen molar-refractivity contribution < 1.29 is 52.4 Å². The van der Waals surface area contributed by atoms with Gasteiger partial charge in [-0.25, -0.2) is 0 Å². The van der Waals surface area contributed by atoms with E-state index in [9.17, 15) is 24.0 Å². The highest BCUT2D eigenvalue weighted by atomic mass is 16.6. The molecule has 1 atom stereocenters. The Morgan fingerprint density at radius 3 is 1.94 bits per heavy atom. The van der Waals surface area contributed by atoms with E-state index in [1.54, 1.807) is 42.5 Å². The lowest BCUT2D eigenvalue weighted by Gasteiger charge is -2.27. The maximum atomic E-state index is 13.1. The molecular weight excluding hydrogens is 628 g/mol. The topological polar surface area (TPSA) is 180 Å². The fraction of sp³-hybridized carbons (Fsp3) is 0.485. The Kier molecular flexibility index (Phi) is 14.7. The number of carbonyl (C=O) groups is 5. The Bertz CT molecular complexity index is 1400. The number of nitrogens with zero attached hydrogens (tertiary/aromatic N) is 1. The monoisotopic (exact) mass is 670 g/mol. The van der Waals surface area contributed by atoms with Crippen LogP contribution in [0.3, 0.4) is 0 Å². The number of benzene rings is 2. The number of imide groups is 2. The highest BCUT2D eigenvalue weighted by Crippen LogP contribution is 2.32. The first-order chi connectivity index (χ1) is 23.3. The first kappa shape index (κ1) is 36.4. The maximum absolute atomic E-state index is 13.1. The summed E-state index contributed by atoms with van der Waals surface area (Å²) in [5.41, 5.74) is 1.62. The van der Waals surface area contributed by atoms with E-state index in [4.69, 9.17) is 28.4 Å². The van der Waals surface area contributed by atoms with Gasteiger partial charge in [0, 0.05) is 31.3 Å². The third-order valence-electron chi connectivity index (χ3n) is 7.19. The molecule has 0 radical (unpaired) electrons. The van der Waals surface area contributed by atoms with Gasteiger partial charge in [-0.15, -0.1) is 0 Å². The summed E-state index contributed by atoms with van der Waals surface area (Å²) in [6, 6.07) is 11.0. The van der Waals surface area contributed by atoms with Crippen LogP contribution in [0.2, 0.25) is 0 Å². The van der Waals surface area contributed by atoms with Crippen molar-refractivity contribution in [3.8, 4) is 5.75 Å². The van der Waals surface area contributed by atoms with E-state index in [1.165, 1.54) is 6.92 Å².